The van der Waals surface area contributed by atoms with Crippen LogP contribution in [0.2, 0.25) is 0 Å². The maximum atomic E-state index is 12.1. The summed E-state index contributed by atoms with van der Waals surface area (Å²) in [5.41, 5.74) is 6.52. The van der Waals surface area contributed by atoms with Gasteiger partial charge in [0.15, 0.2) is 5.84 Å². The Kier molecular flexibility index (Phi) is 7.45. The molecule has 1 aromatic carbocycles. The minimum absolute atomic E-state index is 0.132. The van der Waals surface area contributed by atoms with Gasteiger partial charge >= 0.3 is 0 Å². The molecule has 2 atom stereocenters. The Morgan fingerprint density at radius 2 is 2.10 bits per heavy atom. The van der Waals surface area contributed by atoms with Crippen molar-refractivity contribution in [2.24, 2.45) is 16.8 Å². The Hall–Kier alpha value is -1.89. The summed E-state index contributed by atoms with van der Waals surface area (Å²) in [4.78, 5) is 12.1. The van der Waals surface area contributed by atoms with Gasteiger partial charge in [-0.2, -0.15) is 0 Å². The maximum absolute atomic E-state index is 12.1. The van der Waals surface area contributed by atoms with Crippen LogP contribution in [-0.2, 0) is 22.0 Å². The van der Waals surface area contributed by atoms with Gasteiger partial charge in [0, 0.05) is 28.9 Å². The molecule has 1 rings (SSSR count). The summed E-state index contributed by atoms with van der Waals surface area (Å²) in [6.45, 7) is 2.13. The first kappa shape index (κ1) is 17.2. The lowest BCUT2D eigenvalue weighted by Crippen LogP contribution is -2.41. The van der Waals surface area contributed by atoms with Gasteiger partial charge in [-0.05, 0) is 12.0 Å². The first-order valence-corrected chi connectivity index (χ1v) is 8.21. The maximum Gasteiger partial charge on any atom is 0.231 e. The monoisotopic (exact) mass is 311 g/mol. The number of hydrogen-bond donors (Lipinski definition) is 3. The molecule has 0 fully saturated rings. The van der Waals surface area contributed by atoms with Crippen LogP contribution in [0.4, 0.5) is 0 Å². The molecule has 21 heavy (non-hydrogen) atoms. The highest BCUT2D eigenvalue weighted by atomic mass is 32.2. The van der Waals surface area contributed by atoms with Gasteiger partial charge < -0.3 is 16.3 Å². The molecule has 0 saturated heterocycles. The van der Waals surface area contributed by atoms with E-state index >= 15 is 0 Å². The van der Waals surface area contributed by atoms with Gasteiger partial charge in [0.25, 0.3) is 0 Å². The molecular weight excluding hydrogens is 290 g/mol. The normalized spacial score (nSPS) is 14.4. The number of amides is 1. The molecule has 0 spiro atoms. The summed E-state index contributed by atoms with van der Waals surface area (Å²) in [6.07, 6.45) is 0.347. The lowest BCUT2D eigenvalue weighted by Gasteiger charge is -2.15. The second-order valence-corrected chi connectivity index (χ2v) is 6.36. The summed E-state index contributed by atoms with van der Waals surface area (Å²) in [5.74, 6) is -0.247. The Morgan fingerprint density at radius 1 is 1.43 bits per heavy atom. The van der Waals surface area contributed by atoms with Crippen LogP contribution < -0.4 is 11.1 Å². The van der Waals surface area contributed by atoms with Crippen molar-refractivity contribution < 1.29 is 14.2 Å². The number of nitrogens with two attached hydrogens (primary N) is 1. The summed E-state index contributed by atoms with van der Waals surface area (Å²) in [7, 11) is -0.933. The standard InChI is InChI=1S/C14H21N3O3S/c1-2-21(20)9-8-16-14(18)12(13(15)17-19)10-11-6-4-3-5-7-11/h3-7,12,19H,2,8-10H2,1H3,(H2,15,17)(H,16,18). The zero-order chi connectivity index (χ0) is 15.7. The minimum atomic E-state index is -0.933. The second-order valence-electron chi connectivity index (χ2n) is 4.49. The van der Waals surface area contributed by atoms with Crippen LogP contribution in [-0.4, -0.2) is 39.2 Å². The lowest BCUT2D eigenvalue weighted by molar-refractivity contribution is -0.122. The van der Waals surface area contributed by atoms with E-state index in [1.165, 1.54) is 0 Å². The smallest absolute Gasteiger partial charge is 0.231 e. The molecule has 0 aliphatic heterocycles. The quantitative estimate of drug-likeness (QED) is 0.281. The first-order valence-electron chi connectivity index (χ1n) is 6.72. The van der Waals surface area contributed by atoms with Crippen molar-refractivity contribution in [3.63, 3.8) is 0 Å². The summed E-state index contributed by atoms with van der Waals surface area (Å²) in [6, 6.07) is 9.35. The van der Waals surface area contributed by atoms with E-state index in [1.54, 1.807) is 0 Å². The van der Waals surface area contributed by atoms with E-state index in [1.807, 2.05) is 37.3 Å². The third kappa shape index (κ3) is 5.95. The Bertz CT molecular complexity index is 505. The van der Waals surface area contributed by atoms with Crippen molar-refractivity contribution in [2.75, 3.05) is 18.1 Å². The third-order valence-corrected chi connectivity index (χ3v) is 4.33. The van der Waals surface area contributed by atoms with Crippen molar-refractivity contribution in [3.8, 4) is 0 Å². The number of nitrogens with one attached hydrogen (secondary N) is 1. The van der Waals surface area contributed by atoms with Crippen LogP contribution in [0.25, 0.3) is 0 Å². The average molecular weight is 311 g/mol. The molecule has 0 radical (unpaired) electrons. The lowest BCUT2D eigenvalue weighted by atomic mass is 9.97. The first-order chi connectivity index (χ1) is 10.1. The Labute approximate surface area is 126 Å². The number of oxime groups is 1. The van der Waals surface area contributed by atoms with Gasteiger partial charge in [-0.25, -0.2) is 0 Å². The third-order valence-electron chi connectivity index (χ3n) is 3.02. The molecule has 1 amide bonds. The van der Waals surface area contributed by atoms with Crippen molar-refractivity contribution in [3.05, 3.63) is 35.9 Å². The van der Waals surface area contributed by atoms with E-state index in [2.05, 4.69) is 10.5 Å². The molecule has 116 valence electrons. The van der Waals surface area contributed by atoms with Gasteiger partial charge in [-0.1, -0.05) is 42.4 Å². The Morgan fingerprint density at radius 3 is 2.67 bits per heavy atom. The molecule has 2 unspecified atom stereocenters. The molecule has 0 aliphatic carbocycles. The van der Waals surface area contributed by atoms with Crippen LogP contribution in [0.5, 0.6) is 0 Å². The van der Waals surface area contributed by atoms with E-state index in [4.69, 9.17) is 10.9 Å². The average Bonchev–Trinajstić information content (AvgIpc) is 2.52. The molecule has 0 aromatic heterocycles. The van der Waals surface area contributed by atoms with Gasteiger partial charge in [0.2, 0.25) is 5.91 Å². The van der Waals surface area contributed by atoms with Gasteiger partial charge in [0.05, 0.1) is 0 Å². The number of carbonyl (C=O) groups is 1. The molecule has 0 bridgehead atoms. The van der Waals surface area contributed by atoms with Crippen molar-refractivity contribution in [1.29, 1.82) is 0 Å². The van der Waals surface area contributed by atoms with E-state index in [0.717, 1.165) is 5.56 Å². The van der Waals surface area contributed by atoms with Gasteiger partial charge in [0.1, 0.15) is 5.92 Å². The number of rotatable bonds is 8. The number of benzene rings is 1. The summed E-state index contributed by atoms with van der Waals surface area (Å²) >= 11 is 0. The zero-order valence-corrected chi connectivity index (χ0v) is 12.8. The number of hydrogen-bond acceptors (Lipinski definition) is 4. The van der Waals surface area contributed by atoms with Crippen LogP contribution >= 0.6 is 0 Å². The SMILES string of the molecule is CCS(=O)CCNC(=O)C(Cc1ccccc1)/C(N)=N/O. The van der Waals surface area contributed by atoms with Crippen LogP contribution in [0, 0.1) is 5.92 Å². The molecule has 4 N–H and O–H groups in total. The predicted molar refractivity (Wildman–Crippen MR) is 83.6 cm³/mol. The van der Waals surface area contributed by atoms with Crippen molar-refractivity contribution in [1.82, 2.24) is 5.32 Å². The number of carbonyl (C=O) groups excluding carboxylic acids is 1. The largest absolute Gasteiger partial charge is 0.409 e. The van der Waals surface area contributed by atoms with Gasteiger partial charge in [-0.3, -0.25) is 9.00 Å². The fraction of sp³-hybridized carbons (Fsp3) is 0.429. The molecule has 6 nitrogen and oxygen atoms in total. The van der Waals surface area contributed by atoms with Crippen LogP contribution in [0.15, 0.2) is 35.5 Å². The minimum Gasteiger partial charge on any atom is -0.409 e. The summed E-state index contributed by atoms with van der Waals surface area (Å²) in [5, 5.41) is 14.4. The molecule has 0 aliphatic rings. The predicted octanol–water partition coefficient (Wildman–Crippen LogP) is 0.477. The van der Waals surface area contributed by atoms with Crippen LogP contribution in [0.3, 0.4) is 0 Å². The molecular formula is C14H21N3O3S. The highest BCUT2D eigenvalue weighted by Crippen LogP contribution is 2.09. The second kappa shape index (κ2) is 9.12. The van der Waals surface area contributed by atoms with Crippen molar-refractivity contribution in [2.45, 2.75) is 13.3 Å². The molecule has 0 heterocycles. The number of amidine groups is 1. The number of nitrogens with zero attached hydrogens (tertiary/aromatic N) is 1. The zero-order valence-electron chi connectivity index (χ0n) is 12.0. The molecule has 7 heteroatoms. The molecule has 1 aromatic rings. The van der Waals surface area contributed by atoms with E-state index in [9.17, 15) is 9.00 Å². The highest BCUT2D eigenvalue weighted by molar-refractivity contribution is 7.84. The van der Waals surface area contributed by atoms with Crippen molar-refractivity contribution >= 4 is 22.5 Å². The fourth-order valence-electron chi connectivity index (χ4n) is 1.81. The van der Waals surface area contributed by atoms with E-state index in [0.29, 0.717) is 24.5 Å². The Balaban J connectivity index is 2.65. The highest BCUT2D eigenvalue weighted by Gasteiger charge is 2.23. The fourth-order valence-corrected chi connectivity index (χ4v) is 2.43. The van der Waals surface area contributed by atoms with E-state index in [-0.39, 0.29) is 11.7 Å². The summed E-state index contributed by atoms with van der Waals surface area (Å²) < 4.78 is 11.3. The topological polar surface area (TPSA) is 105 Å². The molecule has 0 saturated carbocycles. The van der Waals surface area contributed by atoms with E-state index < -0.39 is 16.7 Å². The van der Waals surface area contributed by atoms with Gasteiger partial charge in [-0.15, -0.1) is 0 Å². The van der Waals surface area contributed by atoms with Crippen LogP contribution in [0.1, 0.15) is 12.5 Å².